The van der Waals surface area contributed by atoms with E-state index in [1.807, 2.05) is 6.07 Å². The highest BCUT2D eigenvalue weighted by atomic mass is 35.5. The van der Waals surface area contributed by atoms with Crippen molar-refractivity contribution in [3.8, 4) is 0 Å². The van der Waals surface area contributed by atoms with Crippen molar-refractivity contribution >= 4 is 11.6 Å². The Morgan fingerprint density at radius 3 is 2.55 bits per heavy atom. The average Bonchev–Trinajstić information content (AvgIpc) is 3.26. The Kier molecular flexibility index (Phi) is 4.62. The summed E-state index contributed by atoms with van der Waals surface area (Å²) in [5, 5.41) is 3.89. The summed E-state index contributed by atoms with van der Waals surface area (Å²) in [6.45, 7) is 1.14. The average molecular weight is 296 g/mol. The number of nitrogens with one attached hydrogen (secondary N) is 1. The molecule has 3 rings (SSSR count). The summed E-state index contributed by atoms with van der Waals surface area (Å²) in [6, 6.07) is 6.06. The van der Waals surface area contributed by atoms with Crippen LogP contribution in [0.5, 0.6) is 0 Å². The molecule has 0 aliphatic heterocycles. The molecule has 0 saturated heterocycles. The minimum Gasteiger partial charge on any atom is -0.314 e. The molecule has 0 heterocycles. The molecular weight excluding hydrogens is 273 g/mol. The number of hydrogen-bond donors (Lipinski definition) is 1. The van der Waals surface area contributed by atoms with Crippen molar-refractivity contribution in [3.05, 3.63) is 34.6 Å². The maximum atomic E-state index is 13.5. The quantitative estimate of drug-likeness (QED) is 0.838. The lowest BCUT2D eigenvalue weighted by atomic mass is 9.76. The van der Waals surface area contributed by atoms with E-state index >= 15 is 0 Å². The zero-order valence-electron chi connectivity index (χ0n) is 11.9. The van der Waals surface area contributed by atoms with E-state index in [4.69, 9.17) is 11.6 Å². The van der Waals surface area contributed by atoms with Crippen molar-refractivity contribution in [1.82, 2.24) is 5.32 Å². The van der Waals surface area contributed by atoms with Gasteiger partial charge in [0.15, 0.2) is 0 Å². The van der Waals surface area contributed by atoms with E-state index in [1.54, 1.807) is 12.1 Å². The van der Waals surface area contributed by atoms with Crippen LogP contribution in [0.2, 0.25) is 5.02 Å². The molecule has 0 spiro atoms. The van der Waals surface area contributed by atoms with Gasteiger partial charge < -0.3 is 5.32 Å². The van der Waals surface area contributed by atoms with Gasteiger partial charge in [0.2, 0.25) is 0 Å². The van der Waals surface area contributed by atoms with Crippen molar-refractivity contribution in [2.24, 2.45) is 11.8 Å². The zero-order chi connectivity index (χ0) is 13.9. The van der Waals surface area contributed by atoms with Crippen LogP contribution in [-0.4, -0.2) is 12.6 Å². The first-order valence-corrected chi connectivity index (χ1v) is 8.27. The standard InChI is InChI=1S/C17H23ClFN/c18-16-8-5-12(10-17(16)19)9-13-3-1-2-4-14(13)11-20-15-6-7-15/h5,8,10,13-15,20H,1-4,6-7,9,11H2. The van der Waals surface area contributed by atoms with E-state index in [9.17, 15) is 4.39 Å². The lowest BCUT2D eigenvalue weighted by molar-refractivity contribution is 0.228. The van der Waals surface area contributed by atoms with Crippen LogP contribution in [0, 0.1) is 17.7 Å². The monoisotopic (exact) mass is 295 g/mol. The van der Waals surface area contributed by atoms with Crippen molar-refractivity contribution < 1.29 is 4.39 Å². The highest BCUT2D eigenvalue weighted by molar-refractivity contribution is 6.30. The molecule has 3 heteroatoms. The van der Waals surface area contributed by atoms with Gasteiger partial charge in [0.25, 0.3) is 0 Å². The number of rotatable bonds is 5. The fourth-order valence-corrected chi connectivity index (χ4v) is 3.51. The Morgan fingerprint density at radius 2 is 1.85 bits per heavy atom. The summed E-state index contributed by atoms with van der Waals surface area (Å²) in [6.07, 6.45) is 8.95. The number of halogens is 2. The lowest BCUT2D eigenvalue weighted by Crippen LogP contribution is -2.32. The summed E-state index contributed by atoms with van der Waals surface area (Å²) >= 11 is 5.76. The maximum absolute atomic E-state index is 13.5. The molecule has 20 heavy (non-hydrogen) atoms. The summed E-state index contributed by atoms with van der Waals surface area (Å²) in [5.74, 6) is 1.16. The molecule has 0 aromatic heterocycles. The van der Waals surface area contributed by atoms with Crippen LogP contribution >= 0.6 is 11.6 Å². The maximum Gasteiger partial charge on any atom is 0.142 e. The largest absolute Gasteiger partial charge is 0.314 e. The smallest absolute Gasteiger partial charge is 0.142 e. The van der Waals surface area contributed by atoms with Gasteiger partial charge >= 0.3 is 0 Å². The first-order chi connectivity index (χ1) is 9.72. The van der Waals surface area contributed by atoms with Crippen LogP contribution in [0.3, 0.4) is 0 Å². The SMILES string of the molecule is Fc1cc(CC2CCCCC2CNC2CC2)ccc1Cl. The Balaban J connectivity index is 1.61. The molecular formula is C17H23ClFN. The Bertz CT molecular complexity index is 458. The van der Waals surface area contributed by atoms with Crippen molar-refractivity contribution in [1.29, 1.82) is 0 Å². The third kappa shape index (κ3) is 3.73. The van der Waals surface area contributed by atoms with Crippen molar-refractivity contribution in [2.45, 2.75) is 51.0 Å². The van der Waals surface area contributed by atoms with E-state index in [1.165, 1.54) is 38.5 Å². The van der Waals surface area contributed by atoms with Gasteiger partial charge in [-0.25, -0.2) is 4.39 Å². The molecule has 2 atom stereocenters. The van der Waals surface area contributed by atoms with Crippen LogP contribution in [0.15, 0.2) is 18.2 Å². The Hall–Kier alpha value is -0.600. The summed E-state index contributed by atoms with van der Waals surface area (Å²) < 4.78 is 13.5. The van der Waals surface area contributed by atoms with Crippen LogP contribution in [-0.2, 0) is 6.42 Å². The molecule has 2 aliphatic rings. The first-order valence-electron chi connectivity index (χ1n) is 7.89. The van der Waals surface area contributed by atoms with Gasteiger partial charge in [0.1, 0.15) is 5.82 Å². The fourth-order valence-electron chi connectivity index (χ4n) is 3.40. The molecule has 1 aromatic carbocycles. The molecule has 0 radical (unpaired) electrons. The fraction of sp³-hybridized carbons (Fsp3) is 0.647. The molecule has 2 aliphatic carbocycles. The van der Waals surface area contributed by atoms with E-state index in [0.29, 0.717) is 5.92 Å². The second-order valence-electron chi connectivity index (χ2n) is 6.44. The summed E-state index contributed by atoms with van der Waals surface area (Å²) in [4.78, 5) is 0. The van der Waals surface area contributed by atoms with Crippen LogP contribution in [0.25, 0.3) is 0 Å². The van der Waals surface area contributed by atoms with E-state index in [0.717, 1.165) is 30.5 Å². The number of benzene rings is 1. The van der Waals surface area contributed by atoms with Gasteiger partial charge in [0, 0.05) is 6.04 Å². The highest BCUT2D eigenvalue weighted by Gasteiger charge is 2.28. The Labute approximate surface area is 125 Å². The van der Waals surface area contributed by atoms with Crippen LogP contribution in [0.4, 0.5) is 4.39 Å². The molecule has 1 N–H and O–H groups in total. The van der Waals surface area contributed by atoms with Gasteiger partial charge in [-0.15, -0.1) is 0 Å². The highest BCUT2D eigenvalue weighted by Crippen LogP contribution is 2.33. The second kappa shape index (κ2) is 6.44. The number of hydrogen-bond acceptors (Lipinski definition) is 1. The van der Waals surface area contributed by atoms with Gasteiger partial charge in [0.05, 0.1) is 5.02 Å². The molecule has 1 aromatic rings. The predicted molar refractivity (Wildman–Crippen MR) is 81.6 cm³/mol. The minimum atomic E-state index is -0.285. The molecule has 0 amide bonds. The molecule has 2 fully saturated rings. The molecule has 1 nitrogen and oxygen atoms in total. The molecule has 0 bridgehead atoms. The van der Waals surface area contributed by atoms with E-state index < -0.39 is 0 Å². The van der Waals surface area contributed by atoms with Crippen LogP contribution < -0.4 is 5.32 Å². The zero-order valence-corrected chi connectivity index (χ0v) is 12.6. The normalized spacial score (nSPS) is 26.7. The van der Waals surface area contributed by atoms with E-state index in [-0.39, 0.29) is 10.8 Å². The van der Waals surface area contributed by atoms with Gasteiger partial charge in [-0.05, 0) is 68.2 Å². The summed E-state index contributed by atoms with van der Waals surface area (Å²) in [7, 11) is 0. The van der Waals surface area contributed by atoms with Gasteiger partial charge in [-0.2, -0.15) is 0 Å². The lowest BCUT2D eigenvalue weighted by Gasteiger charge is -2.32. The predicted octanol–water partition coefficient (Wildman–Crippen LogP) is 4.58. The third-order valence-corrected chi connectivity index (χ3v) is 5.10. The minimum absolute atomic E-state index is 0.226. The van der Waals surface area contributed by atoms with Crippen LogP contribution in [0.1, 0.15) is 44.1 Å². The van der Waals surface area contributed by atoms with Gasteiger partial charge in [-0.1, -0.05) is 30.5 Å². The van der Waals surface area contributed by atoms with Gasteiger partial charge in [-0.3, -0.25) is 0 Å². The topological polar surface area (TPSA) is 12.0 Å². The first kappa shape index (κ1) is 14.3. The van der Waals surface area contributed by atoms with Crippen molar-refractivity contribution in [3.63, 3.8) is 0 Å². The second-order valence-corrected chi connectivity index (χ2v) is 6.85. The Morgan fingerprint density at radius 1 is 1.10 bits per heavy atom. The molecule has 2 unspecified atom stereocenters. The van der Waals surface area contributed by atoms with E-state index in [2.05, 4.69) is 5.32 Å². The van der Waals surface area contributed by atoms with Crippen molar-refractivity contribution in [2.75, 3.05) is 6.54 Å². The molecule has 110 valence electrons. The molecule has 2 saturated carbocycles. The third-order valence-electron chi connectivity index (χ3n) is 4.79. The summed E-state index contributed by atoms with van der Waals surface area (Å²) in [5.41, 5.74) is 1.09.